The minimum absolute atomic E-state index is 0.00485. The summed E-state index contributed by atoms with van der Waals surface area (Å²) >= 11 is 0. The Kier molecular flexibility index (Phi) is 8.02. The normalized spacial score (nSPS) is 22.5. The Labute approximate surface area is 165 Å². The Morgan fingerprint density at radius 2 is 1.85 bits per heavy atom. The first-order chi connectivity index (χ1) is 12.5. The molecule has 0 aromatic rings. The van der Waals surface area contributed by atoms with Crippen molar-refractivity contribution in [2.75, 3.05) is 6.61 Å². The molecule has 2 nitrogen and oxygen atoms in total. The fourth-order valence-electron chi connectivity index (χ4n) is 3.14. The summed E-state index contributed by atoms with van der Waals surface area (Å²) < 4.78 is 5.15. The third-order valence-electron chi connectivity index (χ3n) is 5.19. The van der Waals surface area contributed by atoms with Gasteiger partial charge in [-0.2, -0.15) is 0 Å². The highest BCUT2D eigenvalue weighted by molar-refractivity contribution is 5.66. The largest absolute Gasteiger partial charge is 0.461 e. The zero-order chi connectivity index (χ0) is 20.8. The monoisotopic (exact) mass is 366 g/mol. The van der Waals surface area contributed by atoms with E-state index in [1.165, 1.54) is 6.92 Å². The summed E-state index contributed by atoms with van der Waals surface area (Å²) in [7, 11) is 0. The smallest absolute Gasteiger partial charge is 0.302 e. The molecule has 0 amide bonds. The summed E-state index contributed by atoms with van der Waals surface area (Å²) in [5, 5.41) is 0. The Bertz CT molecular complexity index is 742. The quantitative estimate of drug-likeness (QED) is 0.259. The maximum atomic E-state index is 11.1. The summed E-state index contributed by atoms with van der Waals surface area (Å²) in [6.45, 7) is 26.8. The van der Waals surface area contributed by atoms with E-state index in [1.54, 1.807) is 0 Å². The molecule has 0 saturated heterocycles. The van der Waals surface area contributed by atoms with Gasteiger partial charge in [-0.25, -0.2) is 0 Å². The van der Waals surface area contributed by atoms with Crippen LogP contribution in [0.3, 0.4) is 0 Å². The maximum Gasteiger partial charge on any atom is 0.302 e. The van der Waals surface area contributed by atoms with Gasteiger partial charge in [0, 0.05) is 12.3 Å². The highest BCUT2D eigenvalue weighted by Crippen LogP contribution is 2.41. The number of allylic oxidation sites excluding steroid dienone is 8. The number of carbonyl (C=O) groups excluding carboxylic acids is 1. The van der Waals surface area contributed by atoms with E-state index in [0.29, 0.717) is 5.92 Å². The number of carbonyl (C=O) groups is 1. The van der Waals surface area contributed by atoms with Gasteiger partial charge in [0.2, 0.25) is 0 Å². The number of esters is 1. The van der Waals surface area contributed by atoms with Crippen molar-refractivity contribution in [2.24, 2.45) is 11.3 Å². The first-order valence-corrected chi connectivity index (χ1v) is 9.47. The van der Waals surface area contributed by atoms with Crippen molar-refractivity contribution in [1.82, 2.24) is 0 Å². The molecule has 27 heavy (non-hydrogen) atoms. The minimum Gasteiger partial charge on any atom is -0.461 e. The average molecular weight is 367 g/mol. The Balaban J connectivity index is 2.96. The van der Waals surface area contributed by atoms with Crippen molar-refractivity contribution in [2.45, 2.75) is 47.5 Å². The summed E-state index contributed by atoms with van der Waals surface area (Å²) in [5.41, 5.74) is 5.53. The molecule has 1 unspecified atom stereocenters. The van der Waals surface area contributed by atoms with Gasteiger partial charge in [0.1, 0.15) is 6.61 Å². The Hall–Kier alpha value is -2.35. The van der Waals surface area contributed by atoms with Gasteiger partial charge in [-0.3, -0.25) is 4.79 Å². The molecule has 0 saturated carbocycles. The van der Waals surface area contributed by atoms with E-state index in [0.717, 1.165) is 46.3 Å². The van der Waals surface area contributed by atoms with Gasteiger partial charge in [-0.1, -0.05) is 65.3 Å². The van der Waals surface area contributed by atoms with E-state index >= 15 is 0 Å². The van der Waals surface area contributed by atoms with Gasteiger partial charge in [-0.15, -0.1) is 0 Å². The SMILES string of the molecule is C=C(/C=C(/COC(C)=O)C(=C)CC)C(=C)/C(C)=C\C(=C)[C@@]1(C)C=CC(C)C1. The van der Waals surface area contributed by atoms with Gasteiger partial charge >= 0.3 is 5.97 Å². The lowest BCUT2D eigenvalue weighted by Crippen LogP contribution is -2.13. The molecule has 1 aliphatic carbocycles. The van der Waals surface area contributed by atoms with E-state index in [-0.39, 0.29) is 18.0 Å². The predicted octanol–water partition coefficient (Wildman–Crippen LogP) is 6.66. The topological polar surface area (TPSA) is 26.3 Å². The van der Waals surface area contributed by atoms with Crippen molar-refractivity contribution in [1.29, 1.82) is 0 Å². The molecule has 0 bridgehead atoms. The molecule has 0 aromatic heterocycles. The lowest BCUT2D eigenvalue weighted by Gasteiger charge is -2.24. The summed E-state index contributed by atoms with van der Waals surface area (Å²) in [5.74, 6) is 0.263. The molecule has 146 valence electrons. The zero-order valence-corrected chi connectivity index (χ0v) is 17.7. The molecule has 0 aliphatic heterocycles. The zero-order valence-electron chi connectivity index (χ0n) is 17.7. The molecule has 0 fully saturated rings. The van der Waals surface area contributed by atoms with Crippen LogP contribution in [0.5, 0.6) is 0 Å². The van der Waals surface area contributed by atoms with E-state index < -0.39 is 0 Å². The van der Waals surface area contributed by atoms with Crippen LogP contribution in [-0.2, 0) is 9.53 Å². The number of hydrogen-bond acceptors (Lipinski definition) is 2. The third kappa shape index (κ3) is 6.39. The highest BCUT2D eigenvalue weighted by Gasteiger charge is 2.29. The number of ether oxygens (including phenoxy) is 1. The van der Waals surface area contributed by atoms with Crippen LogP contribution in [0.1, 0.15) is 47.5 Å². The summed E-state index contributed by atoms with van der Waals surface area (Å²) in [6.07, 6.45) is 10.4. The fourth-order valence-corrected chi connectivity index (χ4v) is 3.14. The number of hydrogen-bond donors (Lipinski definition) is 0. The molecular formula is C25H34O2. The fraction of sp³-hybridized carbons (Fsp3) is 0.400. The molecule has 0 N–H and O–H groups in total. The Morgan fingerprint density at radius 1 is 1.22 bits per heavy atom. The highest BCUT2D eigenvalue weighted by atomic mass is 16.5. The molecule has 1 rings (SSSR count). The second-order valence-corrected chi connectivity index (χ2v) is 7.72. The Morgan fingerprint density at radius 3 is 2.33 bits per heavy atom. The lowest BCUT2D eigenvalue weighted by molar-refractivity contribution is -0.139. The maximum absolute atomic E-state index is 11.1. The molecule has 0 spiro atoms. The summed E-state index contributed by atoms with van der Waals surface area (Å²) in [6, 6.07) is 0. The van der Waals surface area contributed by atoms with Crippen molar-refractivity contribution >= 4 is 5.97 Å². The molecule has 0 radical (unpaired) electrons. The minimum atomic E-state index is -0.311. The lowest BCUT2D eigenvalue weighted by atomic mass is 9.79. The molecule has 1 aliphatic rings. The van der Waals surface area contributed by atoms with Crippen LogP contribution in [0.25, 0.3) is 0 Å². The van der Waals surface area contributed by atoms with Crippen LogP contribution in [0.4, 0.5) is 0 Å². The van der Waals surface area contributed by atoms with Gasteiger partial charge in [-0.05, 0) is 65.2 Å². The van der Waals surface area contributed by atoms with Gasteiger partial charge < -0.3 is 4.74 Å². The molecule has 2 heteroatoms. The predicted molar refractivity (Wildman–Crippen MR) is 116 cm³/mol. The van der Waals surface area contributed by atoms with Crippen molar-refractivity contribution < 1.29 is 9.53 Å². The van der Waals surface area contributed by atoms with E-state index in [2.05, 4.69) is 58.4 Å². The van der Waals surface area contributed by atoms with Gasteiger partial charge in [0.15, 0.2) is 0 Å². The average Bonchev–Trinajstić information content (AvgIpc) is 2.96. The van der Waals surface area contributed by atoms with Crippen LogP contribution < -0.4 is 0 Å². The molecule has 2 atom stereocenters. The van der Waals surface area contributed by atoms with Crippen molar-refractivity contribution in [3.8, 4) is 0 Å². The van der Waals surface area contributed by atoms with E-state index in [4.69, 9.17) is 4.74 Å². The van der Waals surface area contributed by atoms with Crippen molar-refractivity contribution in [3.63, 3.8) is 0 Å². The van der Waals surface area contributed by atoms with Crippen LogP contribution >= 0.6 is 0 Å². The van der Waals surface area contributed by atoms with Crippen LogP contribution in [-0.4, -0.2) is 12.6 Å². The molecule has 0 aromatic carbocycles. The number of rotatable bonds is 9. The molecular weight excluding hydrogens is 332 g/mol. The van der Waals surface area contributed by atoms with Crippen LogP contribution in [0.2, 0.25) is 0 Å². The van der Waals surface area contributed by atoms with Crippen molar-refractivity contribution in [3.05, 3.63) is 84.1 Å². The van der Waals surface area contributed by atoms with E-state index in [9.17, 15) is 4.79 Å². The summed E-state index contributed by atoms with van der Waals surface area (Å²) in [4.78, 5) is 11.1. The first kappa shape index (κ1) is 22.7. The van der Waals surface area contributed by atoms with Gasteiger partial charge in [0.05, 0.1) is 0 Å². The van der Waals surface area contributed by atoms with Crippen LogP contribution in [0.15, 0.2) is 84.1 Å². The molecule has 0 heterocycles. The van der Waals surface area contributed by atoms with Gasteiger partial charge in [0.25, 0.3) is 0 Å². The standard InChI is InChI=1S/C25H34O2/c1-10-18(3)24(16-27-23(8)26)14-20(5)22(7)19(4)13-21(6)25(9)12-11-17(2)15-25/h11-14,17H,3,5-7,10,15-16H2,1-2,4,8-9H3/b19-13-,24-14-/t17?,25-/m0/s1. The first-order valence-electron chi connectivity index (χ1n) is 9.47. The second kappa shape index (κ2) is 9.55. The van der Waals surface area contributed by atoms with Crippen LogP contribution in [0, 0.1) is 11.3 Å². The second-order valence-electron chi connectivity index (χ2n) is 7.72. The van der Waals surface area contributed by atoms with E-state index in [1.807, 2.05) is 19.9 Å². The third-order valence-corrected chi connectivity index (χ3v) is 5.19.